The molecule has 134 heavy (non-hydrogen) atoms. The van der Waals surface area contributed by atoms with Crippen LogP contribution in [0.4, 0.5) is 14.4 Å². The number of ether oxygens (including phenoxy) is 6. The molecule has 2 aromatic heterocycles. The monoisotopic (exact) mass is 1840 g/mol. The van der Waals surface area contributed by atoms with Gasteiger partial charge in [-0.05, 0) is 160 Å². The molecule has 0 radical (unpaired) electrons. The van der Waals surface area contributed by atoms with Gasteiger partial charge in [0.1, 0.15) is 78.6 Å². The SMILES string of the molecule is C=CCOC(=O)C[C@@H](NC(=O)OCC1c2ccccc2-c2ccccc21)C(=O)N[C@@H](Cc1cn(C(c2ccccc2)(c2ccccc2)c2ccccc2)cn1)C(=O)N[C@H](Cc1ccccc1)C(=O)N[C@@H](CCCNC(=N)NS(=O)(=O)c1c(C)c(C)c2c(c1C)CC(C)(C)O2)C(=O)N[C@@H](Cc1cn(C(=O)OC(C)(C)C)c2ccccc12)C(=O)N[C@@H](CCCCNC(=O)OCC=C)C(=O)OC. The highest BCUT2D eigenvalue weighted by molar-refractivity contribution is 7.90. The van der Waals surface area contributed by atoms with Gasteiger partial charge in [-0.2, -0.15) is 0 Å². The van der Waals surface area contributed by atoms with Crippen molar-refractivity contribution in [1.82, 2.24) is 61.4 Å². The molecule has 2 aliphatic rings. The lowest BCUT2D eigenvalue weighted by Gasteiger charge is -2.37. The van der Waals surface area contributed by atoms with Crippen LogP contribution in [-0.4, -0.2) is 176 Å². The second-order valence-corrected chi connectivity index (χ2v) is 36.3. The maximum Gasteiger partial charge on any atom is 0.419 e. The molecule has 12 rings (SSSR count). The first kappa shape index (κ1) is 98.3. The Balaban J connectivity index is 0.906. The highest BCUT2D eigenvalue weighted by Crippen LogP contribution is 2.47. The minimum Gasteiger partial charge on any atom is -0.487 e. The van der Waals surface area contributed by atoms with E-state index in [-0.39, 0.29) is 75.6 Å². The average Bonchev–Trinajstić information content (AvgIpc) is 1.30. The zero-order chi connectivity index (χ0) is 96.0. The van der Waals surface area contributed by atoms with Gasteiger partial charge >= 0.3 is 30.2 Å². The Kier molecular flexibility index (Phi) is 32.6. The van der Waals surface area contributed by atoms with Gasteiger partial charge in [0, 0.05) is 68.0 Å². The van der Waals surface area contributed by atoms with E-state index in [1.54, 1.807) is 109 Å². The standard InChI is InChI=1S/C102H115N13O18S/c1-12-53-129-87(116)58-85(112-98(124)131-62-79-76-46-28-26-44-74(76)75-45-27-29-47-77(75)79)94(121)111-84(57-72-61-114(63-106-72)102(69-37-20-15-21-38-69,70-39-22-16-23-40-70)71-41-24-17-25-42-71)93(120)109-82(55-67-35-18-14-19-36-67)91(118)107-80(49-34-52-104-96(103)113-134(126,127)89-65(4)64(3)88-78(66(89)5)59-101(9,10)132-88)90(117)110-83(56-68-60-115(99(125)133-100(6,7)8)86-50-31-30-43-73(68)86)92(119)108-81(95(122)128-11)48-32-33-51-105-97(123)130-54-13-2/h12-31,35-47,50,60-61,63,79-85H,1-2,32-34,48-49,51-59,62H2,3-11H3,(H,105,123)(H,107,118)(H,108,119)(H,109,120)(H,110,117)(H,111,121)(H,112,124)(H3,103,104,113)/t80-,81-,82+,83-,84-,85+/m0/s1. The molecule has 8 aromatic carbocycles. The van der Waals surface area contributed by atoms with E-state index in [4.69, 9.17) is 38.8 Å². The summed E-state index contributed by atoms with van der Waals surface area (Å²) in [6.07, 6.45) is 3.40. The van der Waals surface area contributed by atoms with E-state index in [0.717, 1.165) is 46.1 Å². The number of carbonyl (C=O) groups is 10. The Bertz CT molecular complexity index is 5940. The van der Waals surface area contributed by atoms with E-state index in [2.05, 4.69) is 60.4 Å². The molecule has 31 nitrogen and oxygen atoms in total. The van der Waals surface area contributed by atoms with E-state index < -0.39 is 154 Å². The number of aromatic nitrogens is 3. The van der Waals surface area contributed by atoms with Crippen LogP contribution in [0.3, 0.4) is 0 Å². The number of rotatable bonds is 41. The van der Waals surface area contributed by atoms with Gasteiger partial charge < -0.3 is 75.5 Å². The number of fused-ring (bicyclic) bond motifs is 5. The minimum atomic E-state index is -4.47. The maximum absolute atomic E-state index is 16.2. The van der Waals surface area contributed by atoms with Crippen LogP contribution in [0.15, 0.2) is 243 Å². The van der Waals surface area contributed by atoms with E-state index in [0.29, 0.717) is 62.9 Å². The van der Waals surface area contributed by atoms with Crippen molar-refractivity contribution in [3.8, 4) is 16.9 Å². The van der Waals surface area contributed by atoms with Crippen LogP contribution in [0.2, 0.25) is 0 Å². The average molecular weight is 1840 g/mol. The van der Waals surface area contributed by atoms with Crippen molar-refractivity contribution in [2.45, 2.75) is 183 Å². The first-order valence-electron chi connectivity index (χ1n) is 44.4. The predicted molar refractivity (Wildman–Crippen MR) is 505 cm³/mol. The van der Waals surface area contributed by atoms with Crippen molar-refractivity contribution in [3.05, 3.63) is 305 Å². The summed E-state index contributed by atoms with van der Waals surface area (Å²) in [4.78, 5) is 153. The molecule has 0 saturated heterocycles. The molecule has 0 bridgehead atoms. The van der Waals surface area contributed by atoms with Crippen molar-refractivity contribution in [3.63, 3.8) is 0 Å². The highest BCUT2D eigenvalue weighted by Gasteiger charge is 2.43. The number of hydrogen-bond donors (Lipinski definition) is 10. The second kappa shape index (κ2) is 44.5. The third kappa shape index (κ3) is 24.3. The lowest BCUT2D eigenvalue weighted by molar-refractivity contribution is -0.145. The Labute approximate surface area is 779 Å². The molecule has 32 heteroatoms. The Morgan fingerprint density at radius 1 is 0.560 bits per heavy atom. The first-order valence-corrected chi connectivity index (χ1v) is 45.9. The molecule has 0 fully saturated rings. The number of amides is 7. The van der Waals surface area contributed by atoms with Crippen molar-refractivity contribution < 1.29 is 84.8 Å². The smallest absolute Gasteiger partial charge is 0.419 e. The number of unbranched alkanes of at least 4 members (excludes halogenated alkanes) is 1. The normalized spacial score (nSPS) is 13.9. The number of nitrogens with one attached hydrogen (secondary N) is 10. The number of imidazole rings is 1. The van der Waals surface area contributed by atoms with Gasteiger partial charge in [0.2, 0.25) is 35.5 Å². The van der Waals surface area contributed by atoms with Gasteiger partial charge in [0.05, 0.1) is 36.0 Å². The summed E-state index contributed by atoms with van der Waals surface area (Å²) in [7, 11) is -3.35. The lowest BCUT2D eigenvalue weighted by atomic mass is 9.77. The Morgan fingerprint density at radius 3 is 1.66 bits per heavy atom. The molecule has 702 valence electrons. The molecule has 1 aliphatic carbocycles. The zero-order valence-corrected chi connectivity index (χ0v) is 77.3. The van der Waals surface area contributed by atoms with Crippen LogP contribution in [-0.2, 0) is 98.5 Å². The fraction of sp³-hybridized carbons (Fsp3) is 0.333. The number of sulfonamides is 1. The molecular formula is C102H115N13O18S. The molecular weight excluding hydrogens is 1730 g/mol. The summed E-state index contributed by atoms with van der Waals surface area (Å²) in [5, 5.41) is 31.6. The van der Waals surface area contributed by atoms with Crippen molar-refractivity contribution in [2.75, 3.05) is 40.0 Å². The summed E-state index contributed by atoms with van der Waals surface area (Å²) in [5.74, 6) is -7.37. The Morgan fingerprint density at radius 2 is 1.07 bits per heavy atom. The van der Waals surface area contributed by atoms with Crippen molar-refractivity contribution in [1.29, 1.82) is 5.41 Å². The topological polar surface area (TPSA) is 415 Å². The van der Waals surface area contributed by atoms with Crippen molar-refractivity contribution >= 4 is 86.6 Å². The van der Waals surface area contributed by atoms with Gasteiger partial charge in [0.15, 0.2) is 0 Å². The number of carbonyl (C=O) groups excluding carboxylic acids is 10. The predicted octanol–water partition coefficient (Wildman–Crippen LogP) is 12.1. The summed E-state index contributed by atoms with van der Waals surface area (Å²) in [5.41, 5.74) is 6.96. The number of benzene rings is 8. The maximum atomic E-state index is 16.2. The van der Waals surface area contributed by atoms with Gasteiger partial charge in [0.25, 0.3) is 10.0 Å². The fourth-order valence-electron chi connectivity index (χ4n) is 17.0. The molecule has 1 aliphatic heterocycles. The lowest BCUT2D eigenvalue weighted by Crippen LogP contribution is -2.60. The molecule has 7 amide bonds. The second-order valence-electron chi connectivity index (χ2n) is 34.6. The summed E-state index contributed by atoms with van der Waals surface area (Å²) < 4.78 is 68.2. The van der Waals surface area contributed by atoms with E-state index in [9.17, 15) is 32.4 Å². The van der Waals surface area contributed by atoms with Crippen LogP contribution in [0.5, 0.6) is 5.75 Å². The van der Waals surface area contributed by atoms with Crippen LogP contribution in [0.25, 0.3) is 22.0 Å². The minimum absolute atomic E-state index is 0.0362. The van der Waals surface area contributed by atoms with Crippen LogP contribution < -0.4 is 52.0 Å². The summed E-state index contributed by atoms with van der Waals surface area (Å²) in [6, 6.07) is 49.6. The largest absolute Gasteiger partial charge is 0.487 e. The van der Waals surface area contributed by atoms with E-state index in [1.807, 2.05) is 158 Å². The van der Waals surface area contributed by atoms with E-state index >= 15 is 24.0 Å². The molecule has 6 atom stereocenters. The van der Waals surface area contributed by atoms with Gasteiger partial charge in [-0.25, -0.2) is 37.3 Å². The number of para-hydroxylation sites is 1. The van der Waals surface area contributed by atoms with Crippen LogP contribution in [0.1, 0.15) is 146 Å². The number of methoxy groups -OCH3 is 1. The number of alkyl carbamates (subject to hydrolysis) is 2. The summed E-state index contributed by atoms with van der Waals surface area (Å²) in [6.45, 7) is 20.6. The molecule has 10 aromatic rings. The van der Waals surface area contributed by atoms with Gasteiger partial charge in [-0.15, -0.1) is 0 Å². The number of hydrogen-bond acceptors (Lipinski definition) is 20. The van der Waals surface area contributed by atoms with Crippen LogP contribution in [0, 0.1) is 26.2 Å². The number of esters is 2. The summed E-state index contributed by atoms with van der Waals surface area (Å²) >= 11 is 0. The highest BCUT2D eigenvalue weighted by atomic mass is 32.2. The van der Waals surface area contributed by atoms with Gasteiger partial charge in [-0.1, -0.05) is 213 Å². The first-order chi connectivity index (χ1) is 64.2. The molecule has 0 spiro atoms. The third-order valence-corrected chi connectivity index (χ3v) is 25.0. The molecule has 0 unspecified atom stereocenters. The molecule has 10 N–H and O–H groups in total. The van der Waals surface area contributed by atoms with Crippen molar-refractivity contribution in [2.24, 2.45) is 0 Å². The van der Waals surface area contributed by atoms with E-state index in [1.165, 1.54) is 22.9 Å². The van der Waals surface area contributed by atoms with Gasteiger partial charge in [-0.3, -0.25) is 38.7 Å². The fourth-order valence-corrected chi connectivity index (χ4v) is 18.6. The quantitative estimate of drug-likeness (QED) is 0.00324. The number of nitrogens with zero attached hydrogens (tertiary/aromatic N) is 3. The Hall–Kier alpha value is -14.7. The molecule has 3 heterocycles. The molecule has 0 saturated carbocycles. The zero-order valence-electron chi connectivity index (χ0n) is 76.5. The third-order valence-electron chi connectivity index (χ3n) is 23.4. The van der Waals surface area contributed by atoms with Crippen LogP contribution >= 0.6 is 0 Å². The number of guanidine groups is 1.